The van der Waals surface area contributed by atoms with Crippen molar-refractivity contribution < 1.29 is 19.2 Å². The summed E-state index contributed by atoms with van der Waals surface area (Å²) < 4.78 is 3.39. The Bertz CT molecular complexity index is 2510. The molecular weight excluding hydrogens is 762 g/mol. The molecule has 17 heteroatoms. The Balaban J connectivity index is 0.785. The minimum Gasteiger partial charge on any atom is -0.369 e. The standard InChI is InChI=1S/C41H42ClN11O5/c1-48-33-6-3-28(20-26(33)19-27(38(48)56)24-52-12-2-11-44-52)45-36-32(42)22-43-41(47-36)51-13-9-25(10-14-51)23-49-15-17-50(18-16-49)29-4-5-30-31(21-29)40(58)53(39(30)57)34-7-8-35(54)46-37(34)55/h2-6,11-12,19-22,25,34H,7-10,13-18,23-24H2,1H3,(H,43,45,47)(H,46,54,55). The van der Waals surface area contributed by atoms with Crippen molar-refractivity contribution in [1.82, 2.24) is 39.4 Å². The molecule has 0 spiro atoms. The molecule has 3 fully saturated rings. The quantitative estimate of drug-likeness (QED) is 0.209. The highest BCUT2D eigenvalue weighted by molar-refractivity contribution is 6.33. The van der Waals surface area contributed by atoms with Gasteiger partial charge < -0.3 is 19.7 Å². The van der Waals surface area contributed by atoms with E-state index in [2.05, 4.69) is 35.4 Å². The summed E-state index contributed by atoms with van der Waals surface area (Å²) in [4.78, 5) is 80.9. The molecule has 0 saturated carbocycles. The topological polar surface area (TPSA) is 171 Å². The molecule has 1 atom stereocenters. The normalized spacial score (nSPS) is 19.3. The average Bonchev–Trinajstić information content (AvgIpc) is 3.83. The first kappa shape index (κ1) is 37.4. The van der Waals surface area contributed by atoms with Gasteiger partial charge in [-0.25, -0.2) is 4.98 Å². The minimum absolute atomic E-state index is 0.0618. The zero-order valence-electron chi connectivity index (χ0n) is 31.9. The molecular formula is C41H42ClN11O5. The van der Waals surface area contributed by atoms with E-state index in [0.717, 1.165) is 85.8 Å². The SMILES string of the molecule is Cn1c(=O)c(Cn2cccn2)cc2cc(Nc3nc(N4CCC(CN5CCN(c6ccc7c(c6)C(=O)N(C6CCC(=O)NC6=O)C7=O)CC5)CC4)ncc3Cl)ccc21. The van der Waals surface area contributed by atoms with Gasteiger partial charge in [0.2, 0.25) is 17.8 Å². The highest BCUT2D eigenvalue weighted by atomic mass is 35.5. The number of anilines is 4. The highest BCUT2D eigenvalue weighted by Crippen LogP contribution is 2.32. The summed E-state index contributed by atoms with van der Waals surface area (Å²) in [6, 6.07) is 13.9. The third-order valence-electron chi connectivity index (χ3n) is 11.8. The number of imide groups is 2. The van der Waals surface area contributed by atoms with E-state index in [-0.39, 0.29) is 24.0 Å². The number of piperazine rings is 1. The molecule has 0 radical (unpaired) electrons. The highest BCUT2D eigenvalue weighted by Gasteiger charge is 2.45. The third kappa shape index (κ3) is 7.17. The molecule has 2 aromatic carbocycles. The fourth-order valence-corrected chi connectivity index (χ4v) is 8.71. The van der Waals surface area contributed by atoms with Gasteiger partial charge in [-0.3, -0.25) is 43.8 Å². The third-order valence-corrected chi connectivity index (χ3v) is 12.0. The monoisotopic (exact) mass is 803 g/mol. The maximum Gasteiger partial charge on any atom is 0.262 e. The van der Waals surface area contributed by atoms with E-state index in [9.17, 15) is 24.0 Å². The number of hydrogen-bond acceptors (Lipinski definition) is 12. The molecule has 0 aliphatic carbocycles. The largest absolute Gasteiger partial charge is 0.369 e. The summed E-state index contributed by atoms with van der Waals surface area (Å²) in [5, 5.41) is 11.2. The number of hydrogen-bond donors (Lipinski definition) is 2. The van der Waals surface area contributed by atoms with Gasteiger partial charge in [0, 0.05) is 94.0 Å². The molecule has 9 rings (SSSR count). The molecule has 3 aromatic heterocycles. The van der Waals surface area contributed by atoms with Crippen LogP contribution in [0.15, 0.2) is 71.9 Å². The number of carbonyl (C=O) groups is 4. The lowest BCUT2D eigenvalue weighted by molar-refractivity contribution is -0.136. The van der Waals surface area contributed by atoms with Crippen LogP contribution < -0.4 is 26.0 Å². The van der Waals surface area contributed by atoms with Gasteiger partial charge >= 0.3 is 0 Å². The van der Waals surface area contributed by atoms with Crippen LogP contribution in [0.2, 0.25) is 5.02 Å². The van der Waals surface area contributed by atoms with Crippen LogP contribution in [0.5, 0.6) is 0 Å². The predicted molar refractivity (Wildman–Crippen MR) is 218 cm³/mol. The lowest BCUT2D eigenvalue weighted by Crippen LogP contribution is -2.54. The van der Waals surface area contributed by atoms with Gasteiger partial charge in [-0.1, -0.05) is 11.6 Å². The summed E-state index contributed by atoms with van der Waals surface area (Å²) in [7, 11) is 1.77. The number of nitrogens with zero attached hydrogens (tertiary/aromatic N) is 9. The van der Waals surface area contributed by atoms with Crippen LogP contribution in [0.4, 0.5) is 23.1 Å². The second kappa shape index (κ2) is 15.3. The van der Waals surface area contributed by atoms with Gasteiger partial charge in [-0.05, 0) is 73.7 Å². The molecule has 58 heavy (non-hydrogen) atoms. The molecule has 4 amide bonds. The molecule has 2 N–H and O–H groups in total. The van der Waals surface area contributed by atoms with Crippen molar-refractivity contribution in [2.24, 2.45) is 13.0 Å². The van der Waals surface area contributed by atoms with Crippen molar-refractivity contribution in [3.05, 3.63) is 99.2 Å². The van der Waals surface area contributed by atoms with E-state index >= 15 is 0 Å². The summed E-state index contributed by atoms with van der Waals surface area (Å²) in [6.07, 6.45) is 7.39. The first-order valence-corrected chi connectivity index (χ1v) is 19.9. The van der Waals surface area contributed by atoms with Gasteiger partial charge in [-0.2, -0.15) is 10.1 Å². The van der Waals surface area contributed by atoms with Crippen molar-refractivity contribution in [3.8, 4) is 0 Å². The van der Waals surface area contributed by atoms with Crippen molar-refractivity contribution in [2.45, 2.75) is 38.3 Å². The van der Waals surface area contributed by atoms with E-state index in [1.165, 1.54) is 0 Å². The van der Waals surface area contributed by atoms with Crippen LogP contribution in [-0.2, 0) is 23.2 Å². The molecule has 1 unspecified atom stereocenters. The molecule has 3 saturated heterocycles. The number of pyridine rings is 1. The number of rotatable bonds is 9. The van der Waals surface area contributed by atoms with E-state index < -0.39 is 29.7 Å². The molecule has 7 heterocycles. The van der Waals surface area contributed by atoms with Gasteiger partial charge in [-0.15, -0.1) is 0 Å². The Morgan fingerprint density at radius 2 is 1.67 bits per heavy atom. The lowest BCUT2D eigenvalue weighted by atomic mass is 9.96. The number of aryl methyl sites for hydroxylation is 1. The minimum atomic E-state index is -0.979. The summed E-state index contributed by atoms with van der Waals surface area (Å²) in [6.45, 7) is 6.34. The van der Waals surface area contributed by atoms with Crippen molar-refractivity contribution >= 4 is 69.3 Å². The number of nitrogens with one attached hydrogen (secondary N) is 2. The smallest absolute Gasteiger partial charge is 0.262 e. The van der Waals surface area contributed by atoms with Gasteiger partial charge in [0.1, 0.15) is 11.1 Å². The number of carbonyl (C=O) groups excluding carboxylic acids is 4. The number of halogens is 1. The molecule has 5 aromatic rings. The maximum absolute atomic E-state index is 13.3. The van der Waals surface area contributed by atoms with Crippen LogP contribution in [0.1, 0.15) is 52.0 Å². The Morgan fingerprint density at radius 1 is 0.879 bits per heavy atom. The summed E-state index contributed by atoms with van der Waals surface area (Å²) in [5.41, 5.74) is 3.64. The lowest BCUT2D eigenvalue weighted by Gasteiger charge is -2.39. The van der Waals surface area contributed by atoms with Crippen LogP contribution in [0.3, 0.4) is 0 Å². The number of benzene rings is 2. The first-order chi connectivity index (χ1) is 28.1. The van der Waals surface area contributed by atoms with Crippen LogP contribution in [0, 0.1) is 5.92 Å². The Kier molecular flexibility index (Phi) is 9.89. The van der Waals surface area contributed by atoms with Gasteiger partial charge in [0.05, 0.1) is 29.4 Å². The Morgan fingerprint density at radius 3 is 2.43 bits per heavy atom. The second-order valence-corrected chi connectivity index (χ2v) is 15.8. The molecule has 0 bridgehead atoms. The van der Waals surface area contributed by atoms with Gasteiger partial charge in [0.25, 0.3) is 17.4 Å². The predicted octanol–water partition coefficient (Wildman–Crippen LogP) is 3.41. The zero-order valence-corrected chi connectivity index (χ0v) is 32.7. The Labute approximate surface area is 338 Å². The van der Waals surface area contributed by atoms with Crippen molar-refractivity contribution in [3.63, 3.8) is 0 Å². The van der Waals surface area contributed by atoms with Crippen molar-refractivity contribution in [1.29, 1.82) is 0 Å². The summed E-state index contributed by atoms with van der Waals surface area (Å²) >= 11 is 6.59. The van der Waals surface area contributed by atoms with Crippen LogP contribution in [0.25, 0.3) is 10.9 Å². The maximum atomic E-state index is 13.3. The second-order valence-electron chi connectivity index (χ2n) is 15.4. The average molecular weight is 804 g/mol. The first-order valence-electron chi connectivity index (χ1n) is 19.6. The van der Waals surface area contributed by atoms with E-state index in [1.54, 1.807) is 40.8 Å². The number of piperidine rings is 2. The molecule has 16 nitrogen and oxygen atoms in total. The van der Waals surface area contributed by atoms with Gasteiger partial charge in [0.15, 0.2) is 5.82 Å². The molecule has 298 valence electrons. The number of aromatic nitrogens is 5. The fraction of sp³-hybridized carbons (Fsp3) is 0.366. The van der Waals surface area contributed by atoms with E-state index in [4.69, 9.17) is 16.6 Å². The van der Waals surface area contributed by atoms with Crippen LogP contribution >= 0.6 is 11.6 Å². The number of amides is 4. The fourth-order valence-electron chi connectivity index (χ4n) is 8.57. The number of fused-ring (bicyclic) bond motifs is 2. The molecule has 4 aliphatic heterocycles. The molecule has 4 aliphatic rings. The summed E-state index contributed by atoms with van der Waals surface area (Å²) in [5.74, 6) is -0.328. The van der Waals surface area contributed by atoms with Crippen molar-refractivity contribution in [2.75, 3.05) is 60.9 Å². The Hall–Kier alpha value is -6.13. The zero-order chi connectivity index (χ0) is 40.1. The van der Waals surface area contributed by atoms with Crippen LogP contribution in [-0.4, -0.2) is 110 Å². The van der Waals surface area contributed by atoms with E-state index in [1.807, 2.05) is 42.6 Å². The van der Waals surface area contributed by atoms with E-state index in [0.29, 0.717) is 40.4 Å².